The Morgan fingerprint density at radius 1 is 1.20 bits per heavy atom. The summed E-state index contributed by atoms with van der Waals surface area (Å²) in [5.74, 6) is 0.106. The van der Waals surface area contributed by atoms with Crippen molar-refractivity contribution in [3.63, 3.8) is 0 Å². The molecule has 9 heteroatoms. The maximum atomic E-state index is 11.3. The highest BCUT2D eigenvalue weighted by Gasteiger charge is 2.21. The number of nitrogens with zero attached hydrogens (tertiary/aromatic N) is 4. The lowest BCUT2D eigenvalue weighted by molar-refractivity contribution is -0.118. The number of thiophene rings is 1. The molecule has 5 aromatic rings. The predicted octanol–water partition coefficient (Wildman–Crippen LogP) is 6.22. The molecule has 1 aromatic carbocycles. The summed E-state index contributed by atoms with van der Waals surface area (Å²) in [5.41, 5.74) is 15.9. The van der Waals surface area contributed by atoms with Gasteiger partial charge in [0.25, 0.3) is 0 Å². The molecule has 0 saturated heterocycles. The van der Waals surface area contributed by atoms with Crippen molar-refractivity contribution in [2.75, 3.05) is 5.73 Å². The first-order valence-electron chi connectivity index (χ1n) is 11.5. The number of carbonyl (C=O) groups excluding carboxylic acids is 1. The second-order valence-electron chi connectivity index (χ2n) is 8.53. The summed E-state index contributed by atoms with van der Waals surface area (Å²) >= 11 is 8.46. The van der Waals surface area contributed by atoms with Gasteiger partial charge in [0, 0.05) is 40.2 Å². The van der Waals surface area contributed by atoms with Crippen LogP contribution in [0.2, 0.25) is 5.02 Å². The van der Waals surface area contributed by atoms with Gasteiger partial charge < -0.3 is 16.0 Å². The highest BCUT2D eigenvalue weighted by atomic mass is 35.5. The van der Waals surface area contributed by atoms with Crippen molar-refractivity contribution < 1.29 is 4.79 Å². The van der Waals surface area contributed by atoms with Crippen LogP contribution in [-0.4, -0.2) is 25.4 Å². The number of aromatic nitrogens is 4. The fourth-order valence-corrected chi connectivity index (χ4v) is 5.52. The molecule has 0 fully saturated rings. The Morgan fingerprint density at radius 2 is 2.06 bits per heavy atom. The second kappa shape index (κ2) is 9.64. The number of halogens is 1. The molecule has 1 unspecified atom stereocenters. The normalized spacial score (nSPS) is 12.4. The van der Waals surface area contributed by atoms with E-state index in [-0.39, 0.29) is 11.9 Å². The van der Waals surface area contributed by atoms with Gasteiger partial charge >= 0.3 is 0 Å². The Labute approximate surface area is 211 Å². The minimum atomic E-state index is -0.290. The largest absolute Gasteiger partial charge is 0.383 e. The Balaban J connectivity index is 1.65. The number of primary amides is 1. The topological polar surface area (TPSA) is 113 Å². The summed E-state index contributed by atoms with van der Waals surface area (Å²) in [5, 5.41) is 4.37. The van der Waals surface area contributed by atoms with E-state index in [0.29, 0.717) is 23.7 Å². The number of fused-ring (bicyclic) bond motifs is 2. The number of anilines is 1. The van der Waals surface area contributed by atoms with E-state index in [4.69, 9.17) is 28.1 Å². The Bertz CT molecular complexity index is 1530. The van der Waals surface area contributed by atoms with Gasteiger partial charge in [-0.1, -0.05) is 30.7 Å². The molecule has 0 radical (unpaired) electrons. The van der Waals surface area contributed by atoms with Crippen LogP contribution in [0.25, 0.3) is 43.6 Å². The smallest absolute Gasteiger partial charge is 0.217 e. The maximum Gasteiger partial charge on any atom is 0.217 e. The zero-order chi connectivity index (χ0) is 24.5. The molecule has 7 nitrogen and oxygen atoms in total. The molecule has 1 atom stereocenters. The molecule has 178 valence electrons. The van der Waals surface area contributed by atoms with Crippen LogP contribution in [0, 0.1) is 0 Å². The van der Waals surface area contributed by atoms with E-state index in [9.17, 15) is 4.79 Å². The summed E-state index contributed by atoms with van der Waals surface area (Å²) in [7, 11) is 0. The van der Waals surface area contributed by atoms with E-state index in [2.05, 4.69) is 27.5 Å². The Morgan fingerprint density at radius 3 is 2.80 bits per heavy atom. The first-order valence-corrected chi connectivity index (χ1v) is 12.8. The molecular formula is C26H25ClN6OS. The van der Waals surface area contributed by atoms with Crippen LogP contribution in [0.4, 0.5) is 5.82 Å². The first-order chi connectivity index (χ1) is 17.0. The van der Waals surface area contributed by atoms with Crippen molar-refractivity contribution >= 4 is 56.6 Å². The summed E-state index contributed by atoms with van der Waals surface area (Å²) in [6, 6.07) is 12.2. The van der Waals surface area contributed by atoms with Gasteiger partial charge in [0.1, 0.15) is 17.8 Å². The third-order valence-electron chi connectivity index (χ3n) is 6.31. The standard InChI is InChI=1S/C26H25ClN6OS/c1-2-16(5-3-7-23(28)34)33-13-18(24-25(29)30-14-31-26(24)33)17-12-21-15(11-19(17)27)8-9-20(32-21)22-6-4-10-35-22/h4,6,8-14,16H,2-3,5,7H2,1H3,(H2,28,34)(H2,29,30,31). The fourth-order valence-electron chi connectivity index (χ4n) is 4.55. The van der Waals surface area contributed by atoms with Crippen molar-refractivity contribution in [1.29, 1.82) is 0 Å². The molecule has 0 bridgehead atoms. The number of pyridine rings is 1. The number of amides is 1. The lowest BCUT2D eigenvalue weighted by Gasteiger charge is -2.17. The number of nitrogen functional groups attached to an aromatic ring is 1. The molecule has 0 aliphatic heterocycles. The number of hydrogen-bond acceptors (Lipinski definition) is 6. The monoisotopic (exact) mass is 504 g/mol. The summed E-state index contributed by atoms with van der Waals surface area (Å²) in [4.78, 5) is 26.1. The van der Waals surface area contributed by atoms with E-state index < -0.39 is 0 Å². The average molecular weight is 505 g/mol. The molecule has 35 heavy (non-hydrogen) atoms. The van der Waals surface area contributed by atoms with Gasteiger partial charge in [-0.15, -0.1) is 11.3 Å². The molecule has 0 aliphatic rings. The number of rotatable bonds is 8. The van der Waals surface area contributed by atoms with E-state index in [0.717, 1.165) is 56.5 Å². The van der Waals surface area contributed by atoms with Crippen LogP contribution >= 0.6 is 22.9 Å². The van der Waals surface area contributed by atoms with Gasteiger partial charge in [0.15, 0.2) is 0 Å². The van der Waals surface area contributed by atoms with Crippen molar-refractivity contribution in [3.8, 4) is 21.7 Å². The summed E-state index contributed by atoms with van der Waals surface area (Å²) in [6.45, 7) is 2.12. The van der Waals surface area contributed by atoms with Gasteiger partial charge in [-0.05, 0) is 48.9 Å². The SMILES string of the molecule is CCC(CCCC(N)=O)n1cc(-c2cc3nc(-c4cccs4)ccc3cc2Cl)c2c(N)ncnc21. The number of nitrogens with two attached hydrogens (primary N) is 2. The average Bonchev–Trinajstić information content (AvgIpc) is 3.50. The van der Waals surface area contributed by atoms with Crippen LogP contribution in [0.3, 0.4) is 0 Å². The summed E-state index contributed by atoms with van der Waals surface area (Å²) in [6.07, 6.45) is 6.24. The van der Waals surface area contributed by atoms with Crippen LogP contribution in [0.1, 0.15) is 38.6 Å². The molecule has 1 amide bonds. The first kappa shape index (κ1) is 23.3. The zero-order valence-electron chi connectivity index (χ0n) is 19.2. The van der Waals surface area contributed by atoms with Crippen LogP contribution in [0.15, 0.2) is 54.3 Å². The van der Waals surface area contributed by atoms with Crippen LogP contribution < -0.4 is 11.5 Å². The minimum absolute atomic E-state index is 0.127. The highest BCUT2D eigenvalue weighted by molar-refractivity contribution is 7.13. The lowest BCUT2D eigenvalue weighted by atomic mass is 10.0. The van der Waals surface area contributed by atoms with Gasteiger partial charge in [0.2, 0.25) is 5.91 Å². The van der Waals surface area contributed by atoms with E-state index in [1.165, 1.54) is 6.33 Å². The molecule has 4 heterocycles. The third-order valence-corrected chi connectivity index (χ3v) is 7.51. The minimum Gasteiger partial charge on any atom is -0.383 e. The van der Waals surface area contributed by atoms with Crippen molar-refractivity contribution in [1.82, 2.24) is 19.5 Å². The molecule has 5 rings (SSSR count). The molecule has 4 aromatic heterocycles. The molecule has 4 N–H and O–H groups in total. The van der Waals surface area contributed by atoms with Gasteiger partial charge in [-0.2, -0.15) is 0 Å². The third kappa shape index (κ3) is 4.47. The van der Waals surface area contributed by atoms with Crippen LogP contribution in [0.5, 0.6) is 0 Å². The number of carbonyl (C=O) groups is 1. The van der Waals surface area contributed by atoms with Gasteiger partial charge in [0.05, 0.1) is 21.5 Å². The van der Waals surface area contributed by atoms with Crippen molar-refractivity contribution in [3.05, 3.63) is 59.3 Å². The molecule has 0 aliphatic carbocycles. The lowest BCUT2D eigenvalue weighted by Crippen LogP contribution is -2.12. The van der Waals surface area contributed by atoms with Crippen molar-refractivity contribution in [2.24, 2.45) is 5.73 Å². The number of hydrogen-bond donors (Lipinski definition) is 2. The number of benzene rings is 1. The van der Waals surface area contributed by atoms with Gasteiger partial charge in [-0.25, -0.2) is 15.0 Å². The van der Waals surface area contributed by atoms with E-state index in [1.54, 1.807) is 11.3 Å². The fraction of sp³-hybridized carbons (Fsp3) is 0.231. The quantitative estimate of drug-likeness (QED) is 0.260. The van der Waals surface area contributed by atoms with E-state index >= 15 is 0 Å². The summed E-state index contributed by atoms with van der Waals surface area (Å²) < 4.78 is 2.12. The predicted molar refractivity (Wildman–Crippen MR) is 143 cm³/mol. The Hall–Kier alpha value is -3.49. The zero-order valence-corrected chi connectivity index (χ0v) is 20.8. The second-order valence-corrected chi connectivity index (χ2v) is 9.88. The highest BCUT2D eigenvalue weighted by Crippen LogP contribution is 2.40. The van der Waals surface area contributed by atoms with Crippen LogP contribution in [-0.2, 0) is 4.79 Å². The maximum absolute atomic E-state index is 11.3. The molecule has 0 spiro atoms. The van der Waals surface area contributed by atoms with E-state index in [1.807, 2.05) is 41.9 Å². The molecule has 0 saturated carbocycles. The Kier molecular flexibility index (Phi) is 6.40. The van der Waals surface area contributed by atoms with Gasteiger partial charge in [-0.3, -0.25) is 4.79 Å². The molecular weight excluding hydrogens is 480 g/mol. The van der Waals surface area contributed by atoms with Crippen molar-refractivity contribution in [2.45, 2.75) is 38.6 Å².